The van der Waals surface area contributed by atoms with E-state index in [-0.39, 0.29) is 25.9 Å². The lowest BCUT2D eigenvalue weighted by Crippen LogP contribution is -2.61. The molecule has 3 N–H and O–H groups in total. The van der Waals surface area contributed by atoms with Crippen LogP contribution in [0.5, 0.6) is 0 Å². The van der Waals surface area contributed by atoms with Gasteiger partial charge in [0.15, 0.2) is 24.6 Å². The summed E-state index contributed by atoms with van der Waals surface area (Å²) in [6, 6.07) is 0. The first-order valence-electron chi connectivity index (χ1n) is 33.2. The second-order valence-corrected chi connectivity index (χ2v) is 22.4. The van der Waals surface area contributed by atoms with Crippen molar-refractivity contribution in [2.24, 2.45) is 0 Å². The van der Waals surface area contributed by atoms with Gasteiger partial charge in [-0.25, -0.2) is 4.79 Å². The van der Waals surface area contributed by atoms with Crippen LogP contribution in [0.25, 0.3) is 0 Å². The maximum atomic E-state index is 13.2. The van der Waals surface area contributed by atoms with Gasteiger partial charge in [-0.1, -0.05) is 234 Å². The number of hydrogen-bond acceptors (Lipinski definition) is 11. The van der Waals surface area contributed by atoms with E-state index in [4.69, 9.17) is 23.7 Å². The zero-order chi connectivity index (χ0) is 60.3. The number of carboxylic acids is 1. The van der Waals surface area contributed by atoms with E-state index >= 15 is 0 Å². The van der Waals surface area contributed by atoms with E-state index in [2.05, 4.69) is 118 Å². The van der Waals surface area contributed by atoms with Gasteiger partial charge in [0.25, 0.3) is 0 Å². The highest BCUT2D eigenvalue weighted by Crippen LogP contribution is 2.27. The van der Waals surface area contributed by atoms with Gasteiger partial charge in [0, 0.05) is 19.3 Å². The van der Waals surface area contributed by atoms with Gasteiger partial charge >= 0.3 is 23.9 Å². The molecule has 0 bridgehead atoms. The second kappa shape index (κ2) is 58.0. The number of hydrogen-bond donors (Lipinski definition) is 3. The first kappa shape index (κ1) is 76.7. The Labute approximate surface area is 504 Å². The van der Waals surface area contributed by atoms with Crippen LogP contribution in [-0.4, -0.2) is 89.2 Å². The predicted molar refractivity (Wildman–Crippen MR) is 340 cm³/mol. The SMILES string of the molecule is CC/C=C\C/C=C\C/C=C\C/C=C\CCCCCCCCC(=O)OC1C(OCC(COC(=O)CCCCCCCCCCC/C=C\C/C=C\CCCCC)OC(=O)CCCCCCC/C=C\C/C=C\CCCCC)OC(C(=O)O)C(O)C1O. The molecule has 1 rings (SSSR count). The monoisotopic (exact) mass is 1160 g/mol. The molecule has 83 heavy (non-hydrogen) atoms. The number of carbonyl (C=O) groups is 4. The predicted octanol–water partition coefficient (Wildman–Crippen LogP) is 18.0. The quantitative estimate of drug-likeness (QED) is 0.0228. The van der Waals surface area contributed by atoms with Crippen LogP contribution in [0.1, 0.15) is 278 Å². The highest BCUT2D eigenvalue weighted by Gasteiger charge is 2.50. The van der Waals surface area contributed by atoms with E-state index in [1.807, 2.05) is 0 Å². The molecule has 474 valence electrons. The molecule has 1 heterocycles. The zero-order valence-corrected chi connectivity index (χ0v) is 52.4. The van der Waals surface area contributed by atoms with E-state index in [0.29, 0.717) is 19.3 Å². The number of esters is 3. The van der Waals surface area contributed by atoms with E-state index in [1.165, 1.54) is 77.0 Å². The van der Waals surface area contributed by atoms with Gasteiger partial charge < -0.3 is 39.0 Å². The van der Waals surface area contributed by atoms with Gasteiger partial charge in [-0.2, -0.15) is 0 Å². The van der Waals surface area contributed by atoms with Crippen LogP contribution < -0.4 is 0 Å². The summed E-state index contributed by atoms with van der Waals surface area (Å²) in [7, 11) is 0. The summed E-state index contributed by atoms with van der Waals surface area (Å²) in [5.41, 5.74) is 0. The van der Waals surface area contributed by atoms with Crippen molar-refractivity contribution in [3.8, 4) is 0 Å². The van der Waals surface area contributed by atoms with Crippen molar-refractivity contribution in [1.29, 1.82) is 0 Å². The summed E-state index contributed by atoms with van der Waals surface area (Å²) >= 11 is 0. The second-order valence-electron chi connectivity index (χ2n) is 22.4. The first-order chi connectivity index (χ1) is 40.6. The highest BCUT2D eigenvalue weighted by atomic mass is 16.7. The molecule has 1 fully saturated rings. The minimum Gasteiger partial charge on any atom is -0.479 e. The molecular weight excluding hydrogens is 1040 g/mol. The van der Waals surface area contributed by atoms with Gasteiger partial charge in [-0.3, -0.25) is 14.4 Å². The minimum atomic E-state index is -1.92. The number of aliphatic carboxylic acids is 1. The highest BCUT2D eigenvalue weighted by molar-refractivity contribution is 5.74. The number of aliphatic hydroxyl groups is 2. The Bertz CT molecular complexity index is 1810. The number of ether oxygens (including phenoxy) is 5. The lowest BCUT2D eigenvalue weighted by atomic mass is 9.98. The molecule has 0 saturated carbocycles. The molecule has 0 amide bonds. The molecule has 6 atom stereocenters. The molecule has 0 aromatic carbocycles. The van der Waals surface area contributed by atoms with Gasteiger partial charge in [-0.05, 0) is 122 Å². The molecule has 0 radical (unpaired) electrons. The van der Waals surface area contributed by atoms with Gasteiger partial charge in [-0.15, -0.1) is 0 Å². The number of allylic oxidation sites excluding steroid dienone is 16. The van der Waals surface area contributed by atoms with Crippen LogP contribution in [0.15, 0.2) is 97.2 Å². The van der Waals surface area contributed by atoms with Crippen molar-refractivity contribution >= 4 is 23.9 Å². The number of carbonyl (C=O) groups excluding carboxylic acids is 3. The summed E-state index contributed by atoms with van der Waals surface area (Å²) in [4.78, 5) is 51.4. The van der Waals surface area contributed by atoms with Crippen molar-refractivity contribution in [1.82, 2.24) is 0 Å². The molecule has 1 aliphatic rings. The standard InChI is InChI=1S/C71H118O12/c1-4-7-10-13-16-19-22-25-28-30-32-34-37-39-42-45-48-51-54-57-63(72)79-60-62(81-64(73)58-55-52-49-46-43-40-36-27-24-21-18-15-12-9-6-3)61-80-71-69(67(76)66(75)68(83-71)70(77)78)82-65(74)59-56-53-50-47-44-41-38-35-33-31-29-26-23-20-17-14-11-8-5-2/h8,11,16-21,25-29,33,35-36,62,66-69,71,75-76H,4-7,9-10,12-15,22-24,30-32,34,37-61H2,1-3H3,(H,77,78)/b11-8-,19-16-,20-17-,21-18-,28-25-,29-26-,35-33-,36-27-. The number of rotatable bonds is 56. The van der Waals surface area contributed by atoms with Crippen LogP contribution in [0, 0.1) is 0 Å². The Morgan fingerprint density at radius 1 is 0.410 bits per heavy atom. The van der Waals surface area contributed by atoms with Crippen LogP contribution in [0.4, 0.5) is 0 Å². The summed E-state index contributed by atoms with van der Waals surface area (Å²) in [5, 5.41) is 31.6. The Hall–Kier alpha value is -4.36. The molecule has 12 heteroatoms. The van der Waals surface area contributed by atoms with Crippen molar-refractivity contribution < 1.29 is 58.2 Å². The molecule has 6 unspecified atom stereocenters. The fourth-order valence-corrected chi connectivity index (χ4v) is 9.54. The lowest BCUT2D eigenvalue weighted by Gasteiger charge is -2.40. The van der Waals surface area contributed by atoms with Crippen molar-refractivity contribution in [2.75, 3.05) is 13.2 Å². The van der Waals surface area contributed by atoms with Crippen LogP contribution in [0.3, 0.4) is 0 Å². The van der Waals surface area contributed by atoms with Crippen LogP contribution in [0.2, 0.25) is 0 Å². The average molecular weight is 1160 g/mol. The van der Waals surface area contributed by atoms with E-state index in [9.17, 15) is 34.5 Å². The summed E-state index contributed by atoms with van der Waals surface area (Å²) < 4.78 is 28.5. The van der Waals surface area contributed by atoms with Crippen molar-refractivity contribution in [3.63, 3.8) is 0 Å². The molecule has 1 aliphatic heterocycles. The Kier molecular flexibility index (Phi) is 53.6. The minimum absolute atomic E-state index is 0.0386. The third-order valence-corrected chi connectivity index (χ3v) is 14.6. The Balaban J connectivity index is 2.66. The van der Waals surface area contributed by atoms with Gasteiger partial charge in [0.1, 0.15) is 18.8 Å². The van der Waals surface area contributed by atoms with E-state index < -0.39 is 67.3 Å². The number of aliphatic hydroxyl groups excluding tert-OH is 2. The molecule has 1 saturated heterocycles. The largest absolute Gasteiger partial charge is 0.479 e. The van der Waals surface area contributed by atoms with Gasteiger partial charge in [0.05, 0.1) is 6.61 Å². The zero-order valence-electron chi connectivity index (χ0n) is 52.4. The normalized spacial score (nSPS) is 18.2. The maximum Gasteiger partial charge on any atom is 0.335 e. The third kappa shape index (κ3) is 47.6. The lowest BCUT2D eigenvalue weighted by molar-refractivity contribution is -0.301. The topological polar surface area (TPSA) is 175 Å². The number of unbranched alkanes of at least 4 members (excludes halogenated alkanes) is 26. The third-order valence-electron chi connectivity index (χ3n) is 14.6. The Morgan fingerprint density at radius 2 is 0.759 bits per heavy atom. The number of carboxylic acid groups (broad SMARTS) is 1. The van der Waals surface area contributed by atoms with Crippen LogP contribution in [-0.2, 0) is 42.9 Å². The molecule has 0 aromatic rings. The van der Waals surface area contributed by atoms with E-state index in [1.54, 1.807) is 0 Å². The molecule has 0 spiro atoms. The Morgan fingerprint density at radius 3 is 1.16 bits per heavy atom. The van der Waals surface area contributed by atoms with Crippen LogP contribution >= 0.6 is 0 Å². The molecular formula is C71H118O12. The summed E-state index contributed by atoms with van der Waals surface area (Å²) in [6.45, 7) is 5.84. The van der Waals surface area contributed by atoms with E-state index in [0.717, 1.165) is 141 Å². The smallest absolute Gasteiger partial charge is 0.335 e. The summed E-state index contributed by atoms with van der Waals surface area (Å²) in [6.07, 6.45) is 65.0. The summed E-state index contributed by atoms with van der Waals surface area (Å²) in [5.74, 6) is -3.16. The average Bonchev–Trinajstić information content (AvgIpc) is 3.60. The fraction of sp³-hybridized carbons (Fsp3) is 0.718. The van der Waals surface area contributed by atoms with Crippen molar-refractivity contribution in [2.45, 2.75) is 314 Å². The first-order valence-corrected chi connectivity index (χ1v) is 33.2. The molecule has 0 aromatic heterocycles. The molecule has 0 aliphatic carbocycles. The fourth-order valence-electron chi connectivity index (χ4n) is 9.54. The molecule has 12 nitrogen and oxygen atoms in total. The maximum absolute atomic E-state index is 13.2. The van der Waals surface area contributed by atoms with Gasteiger partial charge in [0.2, 0.25) is 0 Å². The van der Waals surface area contributed by atoms with Crippen molar-refractivity contribution in [3.05, 3.63) is 97.2 Å².